The maximum absolute atomic E-state index is 4.12. The standard InChI is InChI=1S/C19H25N/c1-5-17-10-6-7-11-18(17)20-19(13-15(2)3)12-8-9-16(4)14-19/h5-7,9-11,20H,1-2,8,12-14H2,3-4H3/t19-/m0/s1. The number of benzene rings is 1. The third-order valence-corrected chi connectivity index (χ3v) is 3.95. The Labute approximate surface area is 123 Å². The summed E-state index contributed by atoms with van der Waals surface area (Å²) in [6.45, 7) is 12.4. The first-order valence-electron chi connectivity index (χ1n) is 7.34. The van der Waals surface area contributed by atoms with Gasteiger partial charge in [-0.3, -0.25) is 0 Å². The van der Waals surface area contributed by atoms with Crippen molar-refractivity contribution < 1.29 is 0 Å². The van der Waals surface area contributed by atoms with Gasteiger partial charge in [0.2, 0.25) is 0 Å². The third-order valence-electron chi connectivity index (χ3n) is 3.95. The molecule has 1 N–H and O–H groups in total. The van der Waals surface area contributed by atoms with E-state index in [0.717, 1.165) is 25.7 Å². The lowest BCUT2D eigenvalue weighted by molar-refractivity contribution is 0.409. The van der Waals surface area contributed by atoms with Crippen LogP contribution in [0.25, 0.3) is 6.08 Å². The fourth-order valence-electron chi connectivity index (χ4n) is 3.24. The van der Waals surface area contributed by atoms with E-state index < -0.39 is 0 Å². The third kappa shape index (κ3) is 3.41. The molecule has 0 bridgehead atoms. The van der Waals surface area contributed by atoms with Crippen LogP contribution in [-0.4, -0.2) is 5.54 Å². The minimum Gasteiger partial charge on any atom is -0.378 e. The molecule has 0 spiro atoms. The van der Waals surface area contributed by atoms with Crippen LogP contribution < -0.4 is 5.32 Å². The van der Waals surface area contributed by atoms with Crippen LogP contribution in [0.3, 0.4) is 0 Å². The molecule has 0 heterocycles. The van der Waals surface area contributed by atoms with Gasteiger partial charge in [0.25, 0.3) is 0 Å². The van der Waals surface area contributed by atoms with Crippen molar-refractivity contribution >= 4 is 11.8 Å². The molecular formula is C19H25N. The van der Waals surface area contributed by atoms with Crippen LogP contribution in [0.5, 0.6) is 0 Å². The Morgan fingerprint density at radius 1 is 1.40 bits per heavy atom. The number of anilines is 1. The van der Waals surface area contributed by atoms with Crippen LogP contribution in [0.2, 0.25) is 0 Å². The molecule has 106 valence electrons. The van der Waals surface area contributed by atoms with Crippen LogP contribution in [0.1, 0.15) is 45.1 Å². The van der Waals surface area contributed by atoms with Crippen molar-refractivity contribution in [2.24, 2.45) is 0 Å². The summed E-state index contributed by atoms with van der Waals surface area (Å²) in [5.41, 5.74) is 5.16. The topological polar surface area (TPSA) is 12.0 Å². The summed E-state index contributed by atoms with van der Waals surface area (Å²) in [5.74, 6) is 0. The first kappa shape index (κ1) is 14.6. The van der Waals surface area contributed by atoms with Crippen LogP contribution in [0.4, 0.5) is 5.69 Å². The number of nitrogens with one attached hydrogen (secondary N) is 1. The monoisotopic (exact) mass is 267 g/mol. The summed E-state index contributed by atoms with van der Waals surface area (Å²) >= 11 is 0. The summed E-state index contributed by atoms with van der Waals surface area (Å²) in [6.07, 6.45) is 8.68. The number of para-hydroxylation sites is 1. The zero-order valence-corrected chi connectivity index (χ0v) is 12.7. The zero-order chi connectivity index (χ0) is 14.6. The van der Waals surface area contributed by atoms with Gasteiger partial charge in [0.05, 0.1) is 0 Å². The van der Waals surface area contributed by atoms with E-state index in [1.165, 1.54) is 22.4 Å². The Hall–Kier alpha value is -1.76. The number of rotatable bonds is 5. The number of hydrogen-bond acceptors (Lipinski definition) is 1. The normalized spacial score (nSPS) is 22.0. The molecule has 1 heteroatoms. The molecule has 0 amide bonds. The predicted octanol–water partition coefficient (Wildman–Crippen LogP) is 5.58. The molecule has 1 aromatic carbocycles. The molecular weight excluding hydrogens is 242 g/mol. The molecule has 0 aliphatic heterocycles. The summed E-state index contributed by atoms with van der Waals surface area (Å²) in [7, 11) is 0. The van der Waals surface area contributed by atoms with Crippen LogP contribution in [-0.2, 0) is 0 Å². The van der Waals surface area contributed by atoms with Crippen molar-refractivity contribution in [1.82, 2.24) is 0 Å². The number of allylic oxidation sites excluding steroid dienone is 1. The van der Waals surface area contributed by atoms with Gasteiger partial charge < -0.3 is 5.32 Å². The largest absolute Gasteiger partial charge is 0.378 e. The Bertz CT molecular complexity index is 538. The van der Waals surface area contributed by atoms with E-state index in [2.05, 4.69) is 62.7 Å². The molecule has 0 aromatic heterocycles. The lowest BCUT2D eigenvalue weighted by Crippen LogP contribution is -2.40. The fourth-order valence-corrected chi connectivity index (χ4v) is 3.24. The lowest BCUT2D eigenvalue weighted by atomic mass is 9.77. The van der Waals surface area contributed by atoms with Crippen molar-refractivity contribution in [2.75, 3.05) is 5.32 Å². The van der Waals surface area contributed by atoms with Gasteiger partial charge in [0.15, 0.2) is 0 Å². The Kier molecular flexibility index (Phi) is 4.49. The van der Waals surface area contributed by atoms with Crippen molar-refractivity contribution in [3.63, 3.8) is 0 Å². The predicted molar refractivity (Wildman–Crippen MR) is 89.9 cm³/mol. The van der Waals surface area contributed by atoms with E-state index in [4.69, 9.17) is 0 Å². The van der Waals surface area contributed by atoms with Gasteiger partial charge in [-0.15, -0.1) is 6.58 Å². The molecule has 1 aliphatic carbocycles. The second-order valence-electron chi connectivity index (χ2n) is 6.10. The van der Waals surface area contributed by atoms with Gasteiger partial charge in [-0.05, 0) is 51.2 Å². The van der Waals surface area contributed by atoms with E-state index in [1.807, 2.05) is 6.08 Å². The first-order valence-corrected chi connectivity index (χ1v) is 7.34. The maximum Gasteiger partial charge on any atom is 0.0450 e. The van der Waals surface area contributed by atoms with E-state index in [-0.39, 0.29) is 5.54 Å². The van der Waals surface area contributed by atoms with Crippen LogP contribution in [0.15, 0.2) is 54.6 Å². The molecule has 0 saturated heterocycles. The molecule has 1 nitrogen and oxygen atoms in total. The van der Waals surface area contributed by atoms with Crippen molar-refractivity contribution in [3.05, 3.63) is 60.2 Å². The van der Waals surface area contributed by atoms with Gasteiger partial charge in [0.1, 0.15) is 0 Å². The highest BCUT2D eigenvalue weighted by atomic mass is 15.0. The second-order valence-corrected chi connectivity index (χ2v) is 6.10. The molecule has 0 radical (unpaired) electrons. The molecule has 1 aliphatic rings. The highest BCUT2D eigenvalue weighted by Crippen LogP contribution is 2.37. The van der Waals surface area contributed by atoms with E-state index in [0.29, 0.717) is 0 Å². The Balaban J connectivity index is 2.30. The average Bonchev–Trinajstić information content (AvgIpc) is 2.38. The minimum atomic E-state index is 0.101. The molecule has 0 saturated carbocycles. The van der Waals surface area contributed by atoms with Crippen molar-refractivity contribution in [1.29, 1.82) is 0 Å². The highest BCUT2D eigenvalue weighted by molar-refractivity contribution is 5.66. The van der Waals surface area contributed by atoms with Gasteiger partial charge in [-0.25, -0.2) is 0 Å². The van der Waals surface area contributed by atoms with Crippen molar-refractivity contribution in [2.45, 2.75) is 45.1 Å². The first-order chi connectivity index (χ1) is 9.54. The maximum atomic E-state index is 4.12. The van der Waals surface area contributed by atoms with E-state index in [1.54, 1.807) is 0 Å². The smallest absolute Gasteiger partial charge is 0.0450 e. The molecule has 20 heavy (non-hydrogen) atoms. The minimum absolute atomic E-state index is 0.101. The lowest BCUT2D eigenvalue weighted by Gasteiger charge is -2.39. The number of hydrogen-bond donors (Lipinski definition) is 1. The Morgan fingerprint density at radius 2 is 2.15 bits per heavy atom. The average molecular weight is 267 g/mol. The Morgan fingerprint density at radius 3 is 2.80 bits per heavy atom. The van der Waals surface area contributed by atoms with Crippen LogP contribution in [0, 0.1) is 0 Å². The molecule has 2 rings (SSSR count). The van der Waals surface area contributed by atoms with Gasteiger partial charge >= 0.3 is 0 Å². The van der Waals surface area contributed by atoms with Crippen LogP contribution >= 0.6 is 0 Å². The molecule has 0 fully saturated rings. The quantitative estimate of drug-likeness (QED) is 0.687. The van der Waals surface area contributed by atoms with Gasteiger partial charge in [-0.1, -0.05) is 48.1 Å². The SMILES string of the molecule is C=Cc1ccccc1N[C@]1(CC(=C)C)CCC=C(C)C1. The molecule has 0 unspecified atom stereocenters. The van der Waals surface area contributed by atoms with E-state index >= 15 is 0 Å². The summed E-state index contributed by atoms with van der Waals surface area (Å²) in [4.78, 5) is 0. The van der Waals surface area contributed by atoms with Gasteiger partial charge in [-0.2, -0.15) is 0 Å². The van der Waals surface area contributed by atoms with Gasteiger partial charge in [0, 0.05) is 11.2 Å². The van der Waals surface area contributed by atoms with E-state index in [9.17, 15) is 0 Å². The molecule has 1 aromatic rings. The second kappa shape index (κ2) is 6.13. The van der Waals surface area contributed by atoms with Crippen molar-refractivity contribution in [3.8, 4) is 0 Å². The highest BCUT2D eigenvalue weighted by Gasteiger charge is 2.32. The summed E-state index contributed by atoms with van der Waals surface area (Å²) in [5, 5.41) is 3.80. The summed E-state index contributed by atoms with van der Waals surface area (Å²) < 4.78 is 0. The molecule has 1 atom stereocenters. The fraction of sp³-hybridized carbons (Fsp3) is 0.368. The summed E-state index contributed by atoms with van der Waals surface area (Å²) in [6, 6.07) is 8.38. The zero-order valence-electron chi connectivity index (χ0n) is 12.7.